The Kier molecular flexibility index (Phi) is 3.00. The van der Waals surface area contributed by atoms with Gasteiger partial charge in [0.15, 0.2) is 0 Å². The molecular formula is C14H16O2. The molecule has 0 unspecified atom stereocenters. The third-order valence-electron chi connectivity index (χ3n) is 2.80. The van der Waals surface area contributed by atoms with Crippen LogP contribution in [-0.2, 0) is 0 Å². The van der Waals surface area contributed by atoms with Crippen molar-refractivity contribution in [2.24, 2.45) is 0 Å². The Labute approximate surface area is 95.9 Å². The second kappa shape index (κ2) is 4.44. The highest BCUT2D eigenvalue weighted by Crippen LogP contribution is 2.26. The van der Waals surface area contributed by atoms with E-state index in [0.717, 1.165) is 17.3 Å². The van der Waals surface area contributed by atoms with Gasteiger partial charge in [-0.1, -0.05) is 19.1 Å². The van der Waals surface area contributed by atoms with E-state index in [1.54, 1.807) is 7.11 Å². The number of methoxy groups -OCH3 is 1. The van der Waals surface area contributed by atoms with Crippen molar-refractivity contribution in [3.8, 4) is 5.75 Å². The number of furan rings is 1. The predicted molar refractivity (Wildman–Crippen MR) is 64.0 cm³/mol. The average Bonchev–Trinajstić information content (AvgIpc) is 2.75. The number of rotatable bonds is 3. The van der Waals surface area contributed by atoms with Crippen molar-refractivity contribution in [3.05, 3.63) is 53.5 Å². The van der Waals surface area contributed by atoms with Crippen LogP contribution in [0.15, 0.2) is 40.8 Å². The van der Waals surface area contributed by atoms with Crippen molar-refractivity contribution in [1.29, 1.82) is 0 Å². The fraction of sp³-hybridized carbons (Fsp3) is 0.286. The van der Waals surface area contributed by atoms with Crippen molar-refractivity contribution < 1.29 is 9.15 Å². The minimum Gasteiger partial charge on any atom is -0.497 e. The lowest BCUT2D eigenvalue weighted by Gasteiger charge is -2.09. The Morgan fingerprint density at radius 2 is 1.75 bits per heavy atom. The first kappa shape index (κ1) is 10.8. The van der Waals surface area contributed by atoms with Crippen LogP contribution in [0.5, 0.6) is 5.75 Å². The second-order valence-corrected chi connectivity index (χ2v) is 3.94. The van der Waals surface area contributed by atoms with Crippen LogP contribution in [0.1, 0.15) is 29.9 Å². The molecule has 16 heavy (non-hydrogen) atoms. The summed E-state index contributed by atoms with van der Waals surface area (Å²) in [4.78, 5) is 0. The maximum atomic E-state index is 5.63. The lowest BCUT2D eigenvalue weighted by molar-refractivity contribution is 0.414. The molecule has 1 aromatic carbocycles. The summed E-state index contributed by atoms with van der Waals surface area (Å²) in [7, 11) is 1.67. The molecule has 0 aliphatic heterocycles. The molecule has 84 valence electrons. The van der Waals surface area contributed by atoms with Gasteiger partial charge < -0.3 is 9.15 Å². The topological polar surface area (TPSA) is 22.4 Å². The van der Waals surface area contributed by atoms with Crippen LogP contribution in [0.25, 0.3) is 0 Å². The molecular weight excluding hydrogens is 200 g/mol. The zero-order valence-corrected chi connectivity index (χ0v) is 9.86. The van der Waals surface area contributed by atoms with Gasteiger partial charge in [-0.2, -0.15) is 0 Å². The van der Waals surface area contributed by atoms with Gasteiger partial charge in [0.2, 0.25) is 0 Å². The van der Waals surface area contributed by atoms with Gasteiger partial charge in [-0.25, -0.2) is 0 Å². The van der Waals surface area contributed by atoms with Crippen molar-refractivity contribution in [2.75, 3.05) is 7.11 Å². The van der Waals surface area contributed by atoms with Gasteiger partial charge in [0, 0.05) is 5.92 Å². The molecule has 0 spiro atoms. The van der Waals surface area contributed by atoms with Gasteiger partial charge in [0.1, 0.15) is 17.3 Å². The molecule has 1 aromatic heterocycles. The van der Waals surface area contributed by atoms with Gasteiger partial charge in [-0.3, -0.25) is 0 Å². The third-order valence-corrected chi connectivity index (χ3v) is 2.80. The Bertz CT molecular complexity index is 454. The zero-order valence-electron chi connectivity index (χ0n) is 9.86. The summed E-state index contributed by atoms with van der Waals surface area (Å²) in [6.07, 6.45) is 0. The molecule has 0 saturated heterocycles. The lowest BCUT2D eigenvalue weighted by atomic mass is 9.99. The summed E-state index contributed by atoms with van der Waals surface area (Å²) in [6, 6.07) is 12.1. The number of hydrogen-bond donors (Lipinski definition) is 0. The first-order valence-corrected chi connectivity index (χ1v) is 5.41. The number of hydrogen-bond acceptors (Lipinski definition) is 2. The molecule has 0 aliphatic rings. The first-order valence-electron chi connectivity index (χ1n) is 5.41. The Morgan fingerprint density at radius 1 is 1.06 bits per heavy atom. The van der Waals surface area contributed by atoms with Crippen molar-refractivity contribution in [1.82, 2.24) is 0 Å². The summed E-state index contributed by atoms with van der Waals surface area (Å²) >= 11 is 0. The highest BCUT2D eigenvalue weighted by Gasteiger charge is 2.11. The van der Waals surface area contributed by atoms with E-state index in [-0.39, 0.29) is 5.92 Å². The van der Waals surface area contributed by atoms with Crippen molar-refractivity contribution >= 4 is 0 Å². The smallest absolute Gasteiger partial charge is 0.118 e. The van der Waals surface area contributed by atoms with Crippen LogP contribution in [0.2, 0.25) is 0 Å². The quantitative estimate of drug-likeness (QED) is 0.779. The molecule has 2 nitrogen and oxygen atoms in total. The van der Waals surface area contributed by atoms with Crippen LogP contribution in [0.3, 0.4) is 0 Å². The zero-order chi connectivity index (χ0) is 11.5. The standard InChI is InChI=1S/C14H16O2/c1-10-4-9-14(16-10)11(2)12-5-7-13(15-3)8-6-12/h4-9,11H,1-3H3/t11-/m0/s1. The molecule has 0 amide bonds. The van der Waals surface area contributed by atoms with E-state index in [9.17, 15) is 0 Å². The monoisotopic (exact) mass is 216 g/mol. The van der Waals surface area contributed by atoms with Crippen LogP contribution < -0.4 is 4.74 Å². The fourth-order valence-electron chi connectivity index (χ4n) is 1.74. The molecule has 0 fully saturated rings. The van der Waals surface area contributed by atoms with Crippen LogP contribution in [-0.4, -0.2) is 7.11 Å². The van der Waals surface area contributed by atoms with E-state index >= 15 is 0 Å². The van der Waals surface area contributed by atoms with Gasteiger partial charge in [0.25, 0.3) is 0 Å². The van der Waals surface area contributed by atoms with Gasteiger partial charge >= 0.3 is 0 Å². The molecule has 0 aliphatic carbocycles. The lowest BCUT2D eigenvalue weighted by Crippen LogP contribution is -1.94. The molecule has 0 saturated carbocycles. The van der Waals surface area contributed by atoms with Crippen LogP contribution in [0.4, 0.5) is 0 Å². The van der Waals surface area contributed by atoms with E-state index in [4.69, 9.17) is 9.15 Å². The Morgan fingerprint density at radius 3 is 2.25 bits per heavy atom. The third kappa shape index (κ3) is 2.11. The fourth-order valence-corrected chi connectivity index (χ4v) is 1.74. The van der Waals surface area contributed by atoms with E-state index in [1.165, 1.54) is 5.56 Å². The van der Waals surface area contributed by atoms with Crippen molar-refractivity contribution in [2.45, 2.75) is 19.8 Å². The van der Waals surface area contributed by atoms with Gasteiger partial charge in [-0.15, -0.1) is 0 Å². The molecule has 2 heteroatoms. The van der Waals surface area contributed by atoms with E-state index in [1.807, 2.05) is 31.2 Å². The minimum atomic E-state index is 0.277. The highest BCUT2D eigenvalue weighted by molar-refractivity contribution is 5.32. The van der Waals surface area contributed by atoms with E-state index in [2.05, 4.69) is 19.1 Å². The maximum Gasteiger partial charge on any atom is 0.118 e. The molecule has 1 atom stereocenters. The Hall–Kier alpha value is -1.70. The van der Waals surface area contributed by atoms with Crippen LogP contribution in [0, 0.1) is 6.92 Å². The van der Waals surface area contributed by atoms with Gasteiger partial charge in [0.05, 0.1) is 7.11 Å². The molecule has 0 bridgehead atoms. The predicted octanol–water partition coefficient (Wildman–Crippen LogP) is 3.75. The molecule has 2 rings (SSSR count). The first-order chi connectivity index (χ1) is 7.70. The van der Waals surface area contributed by atoms with E-state index < -0.39 is 0 Å². The summed E-state index contributed by atoms with van der Waals surface area (Å²) in [5.41, 5.74) is 1.23. The molecule has 0 radical (unpaired) electrons. The van der Waals surface area contributed by atoms with Crippen molar-refractivity contribution in [3.63, 3.8) is 0 Å². The molecule has 2 aromatic rings. The van der Waals surface area contributed by atoms with Crippen LogP contribution >= 0.6 is 0 Å². The number of aryl methyl sites for hydroxylation is 1. The minimum absolute atomic E-state index is 0.277. The molecule has 0 N–H and O–H groups in total. The average molecular weight is 216 g/mol. The Balaban J connectivity index is 2.23. The highest BCUT2D eigenvalue weighted by atomic mass is 16.5. The summed E-state index contributed by atoms with van der Waals surface area (Å²) in [6.45, 7) is 4.10. The molecule has 1 heterocycles. The second-order valence-electron chi connectivity index (χ2n) is 3.94. The maximum absolute atomic E-state index is 5.63. The summed E-state index contributed by atoms with van der Waals surface area (Å²) in [5, 5.41) is 0. The largest absolute Gasteiger partial charge is 0.497 e. The summed E-state index contributed by atoms with van der Waals surface area (Å²) in [5.74, 6) is 3.12. The summed E-state index contributed by atoms with van der Waals surface area (Å²) < 4.78 is 10.8. The number of benzene rings is 1. The SMILES string of the molecule is COc1ccc([C@H](C)c2ccc(C)o2)cc1. The number of ether oxygens (including phenoxy) is 1. The normalized spacial score (nSPS) is 12.4. The van der Waals surface area contributed by atoms with Gasteiger partial charge in [-0.05, 0) is 36.8 Å². The van der Waals surface area contributed by atoms with E-state index in [0.29, 0.717) is 0 Å².